The molecule has 104 valence electrons. The fraction of sp³-hybridized carbons (Fsp3) is 0.0714. The largest absolute Gasteiger partial charge is 0.497 e. The lowest BCUT2D eigenvalue weighted by Crippen LogP contribution is -2.19. The average molecular weight is 311 g/mol. The summed E-state index contributed by atoms with van der Waals surface area (Å²) >= 11 is 11.8. The molecule has 2 N–H and O–H groups in total. The van der Waals surface area contributed by atoms with E-state index in [1.807, 2.05) is 0 Å². The number of hydrogen-bond donors (Lipinski definition) is 2. The SMILES string of the molecule is COc1cc(Cl)cc(NC(=O)Nc2cccc(Cl)c2)c1. The van der Waals surface area contributed by atoms with E-state index in [4.69, 9.17) is 27.9 Å². The first-order chi connectivity index (χ1) is 9.56. The highest BCUT2D eigenvalue weighted by molar-refractivity contribution is 6.31. The van der Waals surface area contributed by atoms with Crippen molar-refractivity contribution in [3.63, 3.8) is 0 Å². The Morgan fingerprint density at radius 1 is 1.00 bits per heavy atom. The third-order valence-corrected chi connectivity index (χ3v) is 2.90. The van der Waals surface area contributed by atoms with Gasteiger partial charge in [0.05, 0.1) is 7.11 Å². The maximum atomic E-state index is 11.9. The molecule has 0 aromatic heterocycles. The first-order valence-electron chi connectivity index (χ1n) is 5.75. The molecule has 0 heterocycles. The van der Waals surface area contributed by atoms with Gasteiger partial charge < -0.3 is 15.4 Å². The normalized spacial score (nSPS) is 9.95. The Kier molecular flexibility index (Phi) is 4.71. The van der Waals surface area contributed by atoms with E-state index in [1.54, 1.807) is 42.5 Å². The lowest BCUT2D eigenvalue weighted by Gasteiger charge is -2.09. The van der Waals surface area contributed by atoms with Crippen LogP contribution in [-0.2, 0) is 0 Å². The highest BCUT2D eigenvalue weighted by Gasteiger charge is 2.05. The molecule has 2 aromatic rings. The number of halogens is 2. The van der Waals surface area contributed by atoms with Crippen molar-refractivity contribution in [2.24, 2.45) is 0 Å². The highest BCUT2D eigenvalue weighted by atomic mass is 35.5. The molecule has 0 radical (unpaired) electrons. The number of urea groups is 1. The summed E-state index contributed by atoms with van der Waals surface area (Å²) in [5.41, 5.74) is 1.14. The number of rotatable bonds is 3. The van der Waals surface area contributed by atoms with E-state index in [-0.39, 0.29) is 0 Å². The predicted molar refractivity (Wildman–Crippen MR) is 82.1 cm³/mol. The van der Waals surface area contributed by atoms with Crippen LogP contribution < -0.4 is 15.4 Å². The Hall–Kier alpha value is -1.91. The Labute approximate surface area is 126 Å². The molecule has 0 aliphatic rings. The minimum Gasteiger partial charge on any atom is -0.497 e. The van der Waals surface area contributed by atoms with Gasteiger partial charge in [-0.2, -0.15) is 0 Å². The number of nitrogens with one attached hydrogen (secondary N) is 2. The molecule has 0 atom stereocenters. The first-order valence-corrected chi connectivity index (χ1v) is 6.50. The molecule has 4 nitrogen and oxygen atoms in total. The van der Waals surface area contributed by atoms with Gasteiger partial charge in [-0.1, -0.05) is 29.3 Å². The quantitative estimate of drug-likeness (QED) is 0.867. The van der Waals surface area contributed by atoms with Gasteiger partial charge in [0.25, 0.3) is 0 Å². The van der Waals surface area contributed by atoms with Crippen molar-refractivity contribution < 1.29 is 9.53 Å². The van der Waals surface area contributed by atoms with E-state index in [0.29, 0.717) is 27.2 Å². The number of ether oxygens (including phenoxy) is 1. The van der Waals surface area contributed by atoms with Crippen molar-refractivity contribution in [1.82, 2.24) is 0 Å². The number of carbonyl (C=O) groups is 1. The van der Waals surface area contributed by atoms with Crippen LogP contribution in [0.5, 0.6) is 5.75 Å². The Balaban J connectivity index is 2.06. The number of methoxy groups -OCH3 is 1. The van der Waals surface area contributed by atoms with E-state index in [1.165, 1.54) is 7.11 Å². The maximum absolute atomic E-state index is 11.9. The average Bonchev–Trinajstić information content (AvgIpc) is 2.37. The lowest BCUT2D eigenvalue weighted by atomic mass is 10.3. The third kappa shape index (κ3) is 4.05. The lowest BCUT2D eigenvalue weighted by molar-refractivity contribution is 0.262. The summed E-state index contributed by atoms with van der Waals surface area (Å²) in [7, 11) is 1.53. The highest BCUT2D eigenvalue weighted by Crippen LogP contribution is 2.24. The topological polar surface area (TPSA) is 50.4 Å². The van der Waals surface area contributed by atoms with Gasteiger partial charge in [-0.05, 0) is 30.3 Å². The molecule has 20 heavy (non-hydrogen) atoms. The van der Waals surface area contributed by atoms with Crippen LogP contribution in [0.2, 0.25) is 10.0 Å². The fourth-order valence-corrected chi connectivity index (χ4v) is 2.03. The molecule has 0 saturated carbocycles. The van der Waals surface area contributed by atoms with Crippen LogP contribution in [0, 0.1) is 0 Å². The van der Waals surface area contributed by atoms with E-state index >= 15 is 0 Å². The van der Waals surface area contributed by atoms with Gasteiger partial charge in [0.15, 0.2) is 0 Å². The van der Waals surface area contributed by atoms with Gasteiger partial charge >= 0.3 is 6.03 Å². The Morgan fingerprint density at radius 2 is 1.70 bits per heavy atom. The third-order valence-electron chi connectivity index (χ3n) is 2.45. The van der Waals surface area contributed by atoms with Crippen LogP contribution in [0.15, 0.2) is 42.5 Å². The summed E-state index contributed by atoms with van der Waals surface area (Å²) in [4.78, 5) is 11.9. The van der Waals surface area contributed by atoms with E-state index in [2.05, 4.69) is 10.6 Å². The van der Waals surface area contributed by atoms with Crippen LogP contribution in [0.1, 0.15) is 0 Å². The molecule has 0 unspecified atom stereocenters. The zero-order chi connectivity index (χ0) is 14.5. The van der Waals surface area contributed by atoms with Crippen molar-refractivity contribution >= 4 is 40.6 Å². The van der Waals surface area contributed by atoms with Crippen molar-refractivity contribution in [1.29, 1.82) is 0 Å². The van der Waals surface area contributed by atoms with E-state index in [0.717, 1.165) is 0 Å². The fourth-order valence-electron chi connectivity index (χ4n) is 1.61. The molecule has 0 saturated heterocycles. The maximum Gasteiger partial charge on any atom is 0.323 e. The molecular weight excluding hydrogens is 299 g/mol. The van der Waals surface area contributed by atoms with Crippen LogP contribution >= 0.6 is 23.2 Å². The second-order valence-corrected chi connectivity index (χ2v) is 4.84. The second kappa shape index (κ2) is 6.50. The van der Waals surface area contributed by atoms with Gasteiger partial charge in [-0.15, -0.1) is 0 Å². The zero-order valence-corrected chi connectivity index (χ0v) is 12.1. The first kappa shape index (κ1) is 14.5. The van der Waals surface area contributed by atoms with Crippen LogP contribution in [0.4, 0.5) is 16.2 Å². The smallest absolute Gasteiger partial charge is 0.323 e. The number of anilines is 2. The zero-order valence-electron chi connectivity index (χ0n) is 10.6. The minimum absolute atomic E-state index is 0.392. The number of hydrogen-bond acceptors (Lipinski definition) is 2. The number of carbonyl (C=O) groups excluding carboxylic acids is 1. The summed E-state index contributed by atoms with van der Waals surface area (Å²) in [6, 6.07) is 11.4. The second-order valence-electron chi connectivity index (χ2n) is 3.97. The summed E-state index contributed by atoms with van der Waals surface area (Å²) in [6.07, 6.45) is 0. The summed E-state index contributed by atoms with van der Waals surface area (Å²) in [6.45, 7) is 0. The van der Waals surface area contributed by atoms with Crippen LogP contribution in [0.3, 0.4) is 0 Å². The Bertz CT molecular complexity index is 632. The van der Waals surface area contributed by atoms with Crippen molar-refractivity contribution in [3.8, 4) is 5.75 Å². The van der Waals surface area contributed by atoms with Gasteiger partial charge in [0, 0.05) is 27.5 Å². The molecule has 2 amide bonds. The molecule has 0 aliphatic carbocycles. The number of benzene rings is 2. The molecular formula is C14H12Cl2N2O2. The number of amides is 2. The molecule has 2 aromatic carbocycles. The van der Waals surface area contributed by atoms with E-state index < -0.39 is 6.03 Å². The van der Waals surface area contributed by atoms with Gasteiger partial charge in [-0.3, -0.25) is 0 Å². The molecule has 2 rings (SSSR count). The summed E-state index contributed by atoms with van der Waals surface area (Å²) < 4.78 is 5.08. The molecule has 6 heteroatoms. The van der Waals surface area contributed by atoms with Crippen LogP contribution in [0.25, 0.3) is 0 Å². The van der Waals surface area contributed by atoms with Gasteiger partial charge in [0.1, 0.15) is 5.75 Å². The molecule has 0 bridgehead atoms. The molecule has 0 fully saturated rings. The van der Waals surface area contributed by atoms with Crippen molar-refractivity contribution in [2.75, 3.05) is 17.7 Å². The minimum atomic E-state index is -0.392. The summed E-state index contributed by atoms with van der Waals surface area (Å²) in [5, 5.41) is 6.36. The van der Waals surface area contributed by atoms with Gasteiger partial charge in [-0.25, -0.2) is 4.79 Å². The summed E-state index contributed by atoms with van der Waals surface area (Å²) in [5.74, 6) is 0.565. The van der Waals surface area contributed by atoms with Crippen LogP contribution in [-0.4, -0.2) is 13.1 Å². The van der Waals surface area contributed by atoms with Crippen molar-refractivity contribution in [2.45, 2.75) is 0 Å². The standard InChI is InChI=1S/C14H12Cl2N2O2/c1-20-13-7-10(16)6-12(8-13)18-14(19)17-11-4-2-3-9(15)5-11/h2-8H,1H3,(H2,17,18,19). The van der Waals surface area contributed by atoms with E-state index in [9.17, 15) is 4.79 Å². The predicted octanol–water partition coefficient (Wildman–Crippen LogP) is 4.65. The monoisotopic (exact) mass is 310 g/mol. The molecule has 0 aliphatic heterocycles. The van der Waals surface area contributed by atoms with Gasteiger partial charge in [0.2, 0.25) is 0 Å². The Morgan fingerprint density at radius 3 is 2.40 bits per heavy atom. The molecule has 0 spiro atoms. The van der Waals surface area contributed by atoms with Crippen molar-refractivity contribution in [3.05, 3.63) is 52.5 Å².